The van der Waals surface area contributed by atoms with E-state index in [1.807, 2.05) is 24.3 Å². The van der Waals surface area contributed by atoms with Gasteiger partial charge < -0.3 is 10.5 Å². The van der Waals surface area contributed by atoms with Crippen molar-refractivity contribution in [3.05, 3.63) is 88.2 Å². The molecule has 1 aliphatic rings. The Balaban J connectivity index is 1.20. The number of hydrogen-bond acceptors (Lipinski definition) is 10. The molecule has 0 radical (unpaired) electrons. The quantitative estimate of drug-likeness (QED) is 0.183. The van der Waals surface area contributed by atoms with Crippen molar-refractivity contribution in [2.24, 2.45) is 11.0 Å². The van der Waals surface area contributed by atoms with E-state index in [1.165, 1.54) is 10.9 Å². The van der Waals surface area contributed by atoms with Crippen LogP contribution in [0.25, 0.3) is 16.6 Å². The van der Waals surface area contributed by atoms with Gasteiger partial charge in [-0.1, -0.05) is 66.2 Å². The van der Waals surface area contributed by atoms with Gasteiger partial charge in [-0.2, -0.15) is 9.78 Å². The number of anilines is 1. The molecule has 0 aliphatic carbocycles. The van der Waals surface area contributed by atoms with E-state index in [4.69, 9.17) is 26.7 Å². The molecule has 3 aromatic carbocycles. The van der Waals surface area contributed by atoms with Crippen molar-refractivity contribution in [3.8, 4) is 11.6 Å². The number of aromatic nitrogens is 5. The fourth-order valence-electron chi connectivity index (χ4n) is 5.10. The molecule has 43 heavy (non-hydrogen) atoms. The second-order valence-corrected chi connectivity index (χ2v) is 11.0. The van der Waals surface area contributed by atoms with Crippen LogP contribution in [-0.4, -0.2) is 55.4 Å². The molecule has 1 aliphatic heterocycles. The number of amides is 1. The van der Waals surface area contributed by atoms with Gasteiger partial charge in [0.1, 0.15) is 12.4 Å². The van der Waals surface area contributed by atoms with E-state index in [1.54, 1.807) is 18.2 Å². The van der Waals surface area contributed by atoms with Crippen LogP contribution < -0.4 is 15.9 Å². The maximum atomic E-state index is 13.3. The van der Waals surface area contributed by atoms with Gasteiger partial charge in [0.15, 0.2) is 5.69 Å². The van der Waals surface area contributed by atoms with E-state index in [0.29, 0.717) is 41.1 Å². The lowest BCUT2D eigenvalue weighted by atomic mass is 9.99. The first-order chi connectivity index (χ1) is 21.0. The fraction of sp³-hybridized carbons (Fsp3) is 0.267. The standard InChI is InChI=1S/C30H30ClN9O3/c1-19-11-13-39(14-12-19)17-25-27(34-38-40(25)29-28(32)36-43-37-29)30(41)35-33-16-22-15-23(31)9-10-26(22)42-18-21-7-4-6-20-5-2-3-8-24(20)21/h2-10,15-16,19H,11-14,17-18H2,1H3,(H2,32,36)(H,35,41)/b33-16+. The average Bonchev–Trinajstić information content (AvgIpc) is 3.63. The molecule has 0 bridgehead atoms. The number of nitrogen functional groups attached to an aromatic ring is 1. The number of piperidine rings is 1. The summed E-state index contributed by atoms with van der Waals surface area (Å²) in [6.07, 6.45) is 3.61. The molecule has 3 N–H and O–H groups in total. The number of fused-ring (bicyclic) bond motifs is 1. The number of hydrazone groups is 1. The summed E-state index contributed by atoms with van der Waals surface area (Å²) in [5.41, 5.74) is 10.7. The van der Waals surface area contributed by atoms with Gasteiger partial charge in [0.25, 0.3) is 5.91 Å². The van der Waals surface area contributed by atoms with E-state index < -0.39 is 5.91 Å². The Morgan fingerprint density at radius 2 is 1.98 bits per heavy atom. The van der Waals surface area contributed by atoms with Crippen LogP contribution in [0.3, 0.4) is 0 Å². The zero-order chi connectivity index (χ0) is 29.8. The SMILES string of the molecule is CC1CCN(Cc2c(C(=O)N/N=C/c3cc(Cl)ccc3OCc3cccc4ccccc34)nnn2-c2nonc2N)CC1. The highest BCUT2D eigenvalue weighted by Crippen LogP contribution is 2.25. The highest BCUT2D eigenvalue weighted by molar-refractivity contribution is 6.30. The van der Waals surface area contributed by atoms with E-state index in [2.05, 4.69) is 61.2 Å². The molecule has 12 nitrogen and oxygen atoms in total. The van der Waals surface area contributed by atoms with Crippen molar-refractivity contribution < 1.29 is 14.2 Å². The molecule has 220 valence electrons. The third kappa shape index (κ3) is 6.35. The molecule has 1 saturated heterocycles. The summed E-state index contributed by atoms with van der Waals surface area (Å²) < 4.78 is 12.3. The molecule has 6 rings (SSSR count). The Labute approximate surface area is 252 Å². The van der Waals surface area contributed by atoms with Gasteiger partial charge >= 0.3 is 0 Å². The highest BCUT2D eigenvalue weighted by Gasteiger charge is 2.27. The summed E-state index contributed by atoms with van der Waals surface area (Å²) in [6.45, 7) is 4.77. The maximum Gasteiger partial charge on any atom is 0.293 e. The number of halogens is 1. The van der Waals surface area contributed by atoms with Crippen LogP contribution in [0, 0.1) is 5.92 Å². The predicted octanol–water partition coefficient (Wildman–Crippen LogP) is 4.61. The van der Waals surface area contributed by atoms with Crippen LogP contribution in [0.2, 0.25) is 5.02 Å². The van der Waals surface area contributed by atoms with Crippen LogP contribution in [0.5, 0.6) is 5.75 Å². The topological polar surface area (TPSA) is 150 Å². The molecule has 0 spiro atoms. The van der Waals surface area contributed by atoms with Crippen LogP contribution in [-0.2, 0) is 13.2 Å². The van der Waals surface area contributed by atoms with E-state index in [-0.39, 0.29) is 17.3 Å². The van der Waals surface area contributed by atoms with Crippen molar-refractivity contribution in [2.45, 2.75) is 32.9 Å². The van der Waals surface area contributed by atoms with Crippen LogP contribution in [0.4, 0.5) is 5.82 Å². The Morgan fingerprint density at radius 1 is 1.16 bits per heavy atom. The third-order valence-electron chi connectivity index (χ3n) is 7.53. The molecular formula is C30H30ClN9O3. The van der Waals surface area contributed by atoms with Crippen molar-refractivity contribution in [3.63, 3.8) is 0 Å². The van der Waals surface area contributed by atoms with Crippen molar-refractivity contribution >= 4 is 40.3 Å². The molecule has 0 unspecified atom stereocenters. The number of carbonyl (C=O) groups excluding carboxylic acids is 1. The number of benzene rings is 3. The summed E-state index contributed by atoms with van der Waals surface area (Å²) in [4.78, 5) is 15.5. The summed E-state index contributed by atoms with van der Waals surface area (Å²) >= 11 is 6.28. The minimum atomic E-state index is -0.543. The smallest absolute Gasteiger partial charge is 0.293 e. The first-order valence-corrected chi connectivity index (χ1v) is 14.3. The number of ether oxygens (including phenoxy) is 1. The van der Waals surface area contributed by atoms with Gasteiger partial charge in [0, 0.05) is 17.1 Å². The number of hydrogen-bond donors (Lipinski definition) is 2. The number of likely N-dealkylation sites (tertiary alicyclic amines) is 1. The first-order valence-electron chi connectivity index (χ1n) is 13.9. The minimum Gasteiger partial charge on any atom is -0.488 e. The molecule has 13 heteroatoms. The van der Waals surface area contributed by atoms with Gasteiger partial charge in [-0.3, -0.25) is 9.69 Å². The number of nitrogens with zero attached hydrogens (tertiary/aromatic N) is 7. The monoisotopic (exact) mass is 599 g/mol. The minimum absolute atomic E-state index is 0.0420. The molecule has 1 fully saturated rings. The molecule has 5 aromatic rings. The van der Waals surface area contributed by atoms with Crippen molar-refractivity contribution in [2.75, 3.05) is 18.8 Å². The summed E-state index contributed by atoms with van der Waals surface area (Å²) in [6, 6.07) is 19.5. The molecular weight excluding hydrogens is 570 g/mol. The van der Waals surface area contributed by atoms with Gasteiger partial charge in [-0.15, -0.1) is 5.10 Å². The highest BCUT2D eigenvalue weighted by atomic mass is 35.5. The molecule has 3 heterocycles. The lowest BCUT2D eigenvalue weighted by Crippen LogP contribution is -2.34. The number of nitrogens with one attached hydrogen (secondary N) is 1. The molecule has 0 saturated carbocycles. The summed E-state index contributed by atoms with van der Waals surface area (Å²) in [7, 11) is 0. The zero-order valence-electron chi connectivity index (χ0n) is 23.5. The Morgan fingerprint density at radius 3 is 2.79 bits per heavy atom. The van der Waals surface area contributed by atoms with Crippen LogP contribution in [0.1, 0.15) is 47.1 Å². The van der Waals surface area contributed by atoms with Gasteiger partial charge in [-0.25, -0.2) is 10.1 Å². The van der Waals surface area contributed by atoms with Gasteiger partial charge in [-0.05, 0) is 76.7 Å². The number of nitrogens with two attached hydrogens (primary N) is 1. The van der Waals surface area contributed by atoms with E-state index in [9.17, 15) is 4.79 Å². The Hall–Kier alpha value is -4.81. The van der Waals surface area contributed by atoms with Crippen molar-refractivity contribution in [1.29, 1.82) is 0 Å². The summed E-state index contributed by atoms with van der Waals surface area (Å²) in [5, 5.41) is 22.7. The van der Waals surface area contributed by atoms with Crippen LogP contribution >= 0.6 is 11.6 Å². The lowest BCUT2D eigenvalue weighted by Gasteiger charge is -2.30. The predicted molar refractivity (Wildman–Crippen MR) is 162 cm³/mol. The van der Waals surface area contributed by atoms with E-state index in [0.717, 1.165) is 42.3 Å². The Kier molecular flexibility index (Phi) is 8.29. The maximum absolute atomic E-state index is 13.3. The number of rotatable bonds is 9. The number of carbonyl (C=O) groups is 1. The lowest BCUT2D eigenvalue weighted by molar-refractivity contribution is 0.0946. The second kappa shape index (κ2) is 12.6. The fourth-order valence-corrected chi connectivity index (χ4v) is 5.28. The normalized spacial score (nSPS) is 14.5. The molecule has 0 atom stereocenters. The molecule has 2 aromatic heterocycles. The third-order valence-corrected chi connectivity index (χ3v) is 7.76. The Bertz CT molecular complexity index is 1770. The van der Waals surface area contributed by atoms with Gasteiger partial charge in [0.05, 0.1) is 11.9 Å². The second-order valence-electron chi connectivity index (χ2n) is 10.5. The summed E-state index contributed by atoms with van der Waals surface area (Å²) in [5.74, 6) is 0.885. The zero-order valence-corrected chi connectivity index (χ0v) is 24.2. The van der Waals surface area contributed by atoms with E-state index >= 15 is 0 Å². The first kappa shape index (κ1) is 28.3. The average molecular weight is 600 g/mol. The van der Waals surface area contributed by atoms with Crippen molar-refractivity contribution in [1.82, 2.24) is 35.6 Å². The van der Waals surface area contributed by atoms with Gasteiger partial charge in [0.2, 0.25) is 11.6 Å². The largest absolute Gasteiger partial charge is 0.488 e. The molecule has 1 amide bonds. The van der Waals surface area contributed by atoms with Crippen LogP contribution in [0.15, 0.2) is 70.4 Å².